The van der Waals surface area contributed by atoms with Crippen LogP contribution in [0.5, 0.6) is 28.7 Å². The maximum Gasteiger partial charge on any atom is 0.239 e. The van der Waals surface area contributed by atoms with Crippen LogP contribution >= 0.6 is 0 Å². The van der Waals surface area contributed by atoms with Crippen molar-refractivity contribution in [3.05, 3.63) is 40.6 Å². The first-order valence-electron chi connectivity index (χ1n) is 17.3. The largest absolute Gasteiger partial charge is 0.504 e. The second-order valence-corrected chi connectivity index (χ2v) is 13.4. The van der Waals surface area contributed by atoms with Crippen LogP contribution in [0.3, 0.4) is 0 Å². The van der Waals surface area contributed by atoms with Crippen molar-refractivity contribution in [3.8, 4) is 40.1 Å². The van der Waals surface area contributed by atoms with E-state index in [-0.39, 0.29) is 39.9 Å². The van der Waals surface area contributed by atoms with Crippen LogP contribution in [0, 0.1) is 0 Å². The highest BCUT2D eigenvalue weighted by Crippen LogP contribution is 2.41. The van der Waals surface area contributed by atoms with E-state index < -0.39 is 122 Å². The Morgan fingerprint density at radius 2 is 1.27 bits per heavy atom. The molecule has 1 aromatic heterocycles. The quantitative estimate of drug-likeness (QED) is 0.0892. The number of ether oxygens (including phenoxy) is 8. The minimum Gasteiger partial charge on any atom is -0.504 e. The fourth-order valence-corrected chi connectivity index (χ4v) is 6.48. The molecule has 0 bridgehead atoms. The van der Waals surface area contributed by atoms with Crippen LogP contribution in [-0.4, -0.2) is 176 Å². The van der Waals surface area contributed by atoms with Gasteiger partial charge in [0.1, 0.15) is 89.6 Å². The Morgan fingerprint density at radius 1 is 0.661 bits per heavy atom. The lowest BCUT2D eigenvalue weighted by molar-refractivity contribution is -0.318. The van der Waals surface area contributed by atoms with Crippen molar-refractivity contribution in [1.82, 2.24) is 0 Å². The molecule has 15 atom stereocenters. The van der Waals surface area contributed by atoms with E-state index in [0.29, 0.717) is 0 Å². The summed E-state index contributed by atoms with van der Waals surface area (Å²) in [5.41, 5.74) is -1.25. The zero-order valence-electron chi connectivity index (χ0n) is 30.0. The highest BCUT2D eigenvalue weighted by Gasteiger charge is 2.48. The molecule has 0 amide bonds. The third-order valence-corrected chi connectivity index (χ3v) is 9.80. The first-order valence-corrected chi connectivity index (χ1v) is 17.3. The first-order chi connectivity index (χ1) is 26.6. The number of aliphatic hydroxyl groups excluding tert-OH is 10. The fraction of sp³-hybridized carbons (Fsp3) is 0.571. The zero-order valence-corrected chi connectivity index (χ0v) is 30.0. The van der Waals surface area contributed by atoms with E-state index in [1.165, 1.54) is 45.4 Å². The first kappa shape index (κ1) is 41.7. The fourth-order valence-electron chi connectivity index (χ4n) is 6.48. The SMILES string of the molecule is COc1cc(OC2OC(CO)C(O)C(O)C2O)c2c(=O)c(OC3OC(COC4OC(C)C(O)C(O)C4O)C(O)C(O)C3O)c(-c3ccc(OC)c(O)c3)oc2c1. The predicted molar refractivity (Wildman–Crippen MR) is 183 cm³/mol. The predicted octanol–water partition coefficient (Wildman–Crippen LogP) is -3.61. The maximum atomic E-state index is 14.6. The molecule has 15 unspecified atom stereocenters. The standard InChI is InChI=1S/C35H44O21/c1-11-21(38)25(42)28(45)33(51-11)50-10-19-23(40)27(44)30(47)35(55-19)56-32-24(41)20-16(52-31(32)12-4-5-15(49-3)14(37)6-12)7-13(48-2)8-17(20)53-34-29(46)26(43)22(39)18(9-36)54-34/h4-8,11,18-19,21-23,25-30,33-40,42-47H,9-10H2,1-3H3. The highest BCUT2D eigenvalue weighted by atomic mass is 16.7. The molecule has 0 radical (unpaired) electrons. The lowest BCUT2D eigenvalue weighted by Crippen LogP contribution is -2.61. The summed E-state index contributed by atoms with van der Waals surface area (Å²) in [5, 5.41) is 114. The van der Waals surface area contributed by atoms with Crippen molar-refractivity contribution >= 4 is 11.0 Å². The van der Waals surface area contributed by atoms with Gasteiger partial charge in [-0.05, 0) is 25.1 Å². The molecule has 310 valence electrons. The van der Waals surface area contributed by atoms with Gasteiger partial charge < -0.3 is 98.5 Å². The monoisotopic (exact) mass is 800 g/mol. The lowest BCUT2D eigenvalue weighted by atomic mass is 9.98. The van der Waals surface area contributed by atoms with Crippen molar-refractivity contribution in [1.29, 1.82) is 0 Å². The second-order valence-electron chi connectivity index (χ2n) is 13.4. The van der Waals surface area contributed by atoms with Gasteiger partial charge in [-0.15, -0.1) is 0 Å². The minimum atomic E-state index is -2.04. The smallest absolute Gasteiger partial charge is 0.239 e. The van der Waals surface area contributed by atoms with Gasteiger partial charge in [0.05, 0.1) is 33.5 Å². The number of benzene rings is 2. The van der Waals surface area contributed by atoms with E-state index >= 15 is 0 Å². The Kier molecular flexibility index (Phi) is 12.6. The van der Waals surface area contributed by atoms with Crippen molar-refractivity contribution in [3.63, 3.8) is 0 Å². The average Bonchev–Trinajstić information content (AvgIpc) is 3.19. The van der Waals surface area contributed by atoms with E-state index in [9.17, 15) is 61.0 Å². The van der Waals surface area contributed by atoms with Gasteiger partial charge in [0, 0.05) is 17.7 Å². The number of aromatic hydroxyl groups is 1. The van der Waals surface area contributed by atoms with E-state index in [1.54, 1.807) is 0 Å². The minimum absolute atomic E-state index is 0.0144. The zero-order chi connectivity index (χ0) is 40.7. The number of hydrogen-bond acceptors (Lipinski definition) is 21. The van der Waals surface area contributed by atoms with Crippen LogP contribution in [-0.2, 0) is 18.9 Å². The molecule has 3 saturated heterocycles. The van der Waals surface area contributed by atoms with E-state index in [4.69, 9.17) is 42.3 Å². The molecular weight excluding hydrogens is 756 g/mol. The Hall–Kier alpha value is -3.91. The Balaban J connectivity index is 1.41. The molecular formula is C35H44O21. The van der Waals surface area contributed by atoms with Crippen molar-refractivity contribution < 1.29 is 98.5 Å². The summed E-state index contributed by atoms with van der Waals surface area (Å²) in [6.45, 7) is -0.0150. The molecule has 3 aliphatic rings. The molecule has 3 aliphatic heterocycles. The number of phenolic OH excluding ortho intramolecular Hbond substituents is 1. The van der Waals surface area contributed by atoms with Crippen LogP contribution < -0.4 is 24.4 Å². The van der Waals surface area contributed by atoms with E-state index in [2.05, 4.69) is 0 Å². The van der Waals surface area contributed by atoms with Gasteiger partial charge in [0.25, 0.3) is 0 Å². The van der Waals surface area contributed by atoms with Gasteiger partial charge in [-0.1, -0.05) is 0 Å². The second kappa shape index (κ2) is 16.9. The molecule has 4 heterocycles. The van der Waals surface area contributed by atoms with Gasteiger partial charge in [0.15, 0.2) is 23.5 Å². The molecule has 56 heavy (non-hydrogen) atoms. The lowest BCUT2D eigenvalue weighted by Gasteiger charge is -2.42. The summed E-state index contributed by atoms with van der Waals surface area (Å²) < 4.78 is 50.6. The van der Waals surface area contributed by atoms with Gasteiger partial charge in [0.2, 0.25) is 23.8 Å². The van der Waals surface area contributed by atoms with Crippen molar-refractivity contribution in [2.45, 2.75) is 99.0 Å². The molecule has 3 aromatic rings. The number of aliphatic hydroxyl groups is 10. The third-order valence-electron chi connectivity index (χ3n) is 9.80. The van der Waals surface area contributed by atoms with Crippen LogP contribution in [0.25, 0.3) is 22.3 Å². The van der Waals surface area contributed by atoms with Crippen molar-refractivity contribution in [2.24, 2.45) is 0 Å². The van der Waals surface area contributed by atoms with Crippen LogP contribution in [0.1, 0.15) is 6.92 Å². The molecule has 0 saturated carbocycles. The summed E-state index contributed by atoms with van der Waals surface area (Å²) in [6, 6.07) is 6.37. The molecule has 21 nitrogen and oxygen atoms in total. The third kappa shape index (κ3) is 7.84. The normalized spacial score (nSPS) is 36.3. The van der Waals surface area contributed by atoms with Gasteiger partial charge >= 0.3 is 0 Å². The van der Waals surface area contributed by atoms with Crippen LogP contribution in [0.4, 0.5) is 0 Å². The molecule has 2 aromatic carbocycles. The number of methoxy groups -OCH3 is 2. The maximum absolute atomic E-state index is 14.6. The number of fused-ring (bicyclic) bond motifs is 1. The summed E-state index contributed by atoms with van der Waals surface area (Å²) in [6.07, 6.45) is -25.3. The van der Waals surface area contributed by atoms with Gasteiger partial charge in [-0.25, -0.2) is 0 Å². The van der Waals surface area contributed by atoms with Crippen LogP contribution in [0.15, 0.2) is 39.5 Å². The molecule has 11 N–H and O–H groups in total. The summed E-state index contributed by atoms with van der Waals surface area (Å²) in [7, 11) is 2.59. The molecule has 0 aliphatic carbocycles. The number of rotatable bonds is 11. The molecule has 0 spiro atoms. The summed E-state index contributed by atoms with van der Waals surface area (Å²) >= 11 is 0. The Bertz CT molecular complexity index is 1890. The van der Waals surface area contributed by atoms with E-state index in [1.807, 2.05) is 0 Å². The topological polar surface area (TPSA) is 327 Å². The van der Waals surface area contributed by atoms with Gasteiger partial charge in [-0.2, -0.15) is 0 Å². The molecule has 3 fully saturated rings. The summed E-state index contributed by atoms with van der Waals surface area (Å²) in [4.78, 5) is 14.6. The van der Waals surface area contributed by atoms with Crippen molar-refractivity contribution in [2.75, 3.05) is 27.4 Å². The van der Waals surface area contributed by atoms with Crippen LogP contribution in [0.2, 0.25) is 0 Å². The van der Waals surface area contributed by atoms with Gasteiger partial charge in [-0.3, -0.25) is 4.79 Å². The Morgan fingerprint density at radius 3 is 1.89 bits per heavy atom. The average molecular weight is 801 g/mol. The number of phenols is 1. The molecule has 6 rings (SSSR count). The Labute approximate surface area is 316 Å². The molecule has 21 heteroatoms. The number of hydrogen-bond donors (Lipinski definition) is 11. The highest BCUT2D eigenvalue weighted by molar-refractivity contribution is 5.89. The van der Waals surface area contributed by atoms with E-state index in [0.717, 1.165) is 6.07 Å². The summed E-state index contributed by atoms with van der Waals surface area (Å²) in [5.74, 6) is -1.77.